The molecule has 0 bridgehead atoms. The Morgan fingerprint density at radius 1 is 1.09 bits per heavy atom. The first-order chi connectivity index (χ1) is 15.8. The zero-order chi connectivity index (χ0) is 21.8. The molecule has 0 saturated heterocycles. The van der Waals surface area contributed by atoms with Crippen LogP contribution in [0.15, 0.2) is 48.5 Å². The van der Waals surface area contributed by atoms with Crippen molar-refractivity contribution in [2.45, 2.75) is 44.1 Å². The van der Waals surface area contributed by atoms with Crippen molar-refractivity contribution in [1.29, 1.82) is 0 Å². The third-order valence-corrected chi connectivity index (χ3v) is 5.98. The second-order valence-corrected chi connectivity index (χ2v) is 8.14. The molecule has 2 aliphatic rings. The molecular weight excluding hydrogens is 406 g/mol. The third kappa shape index (κ3) is 4.49. The third-order valence-electron chi connectivity index (χ3n) is 5.98. The van der Waals surface area contributed by atoms with Gasteiger partial charge >= 0.3 is 0 Å². The van der Waals surface area contributed by atoms with Crippen LogP contribution in [0.3, 0.4) is 0 Å². The lowest BCUT2D eigenvalue weighted by Gasteiger charge is -2.26. The van der Waals surface area contributed by atoms with E-state index < -0.39 is 6.10 Å². The van der Waals surface area contributed by atoms with Gasteiger partial charge in [0.05, 0.1) is 5.69 Å². The SMILES string of the molecule is O=C(C=Cc1ccc(C2CCCCC2)cc1)Nc1cccc2c1OC(c1nn[nH]n1)CO2. The number of hydrogen-bond donors (Lipinski definition) is 2. The van der Waals surface area contributed by atoms with Crippen LogP contribution in [0.25, 0.3) is 6.08 Å². The number of anilines is 1. The molecule has 32 heavy (non-hydrogen) atoms. The number of fused-ring (bicyclic) bond motifs is 1. The van der Waals surface area contributed by atoms with Gasteiger partial charge in [0.15, 0.2) is 17.6 Å². The first kappa shape index (κ1) is 20.2. The average Bonchev–Trinajstić information content (AvgIpc) is 3.39. The fourth-order valence-electron chi connectivity index (χ4n) is 4.29. The smallest absolute Gasteiger partial charge is 0.248 e. The number of aromatic nitrogens is 4. The number of aromatic amines is 1. The molecule has 3 aromatic rings. The molecular formula is C24H25N5O3. The molecule has 1 saturated carbocycles. The van der Waals surface area contributed by atoms with Gasteiger partial charge in [-0.3, -0.25) is 4.79 Å². The summed E-state index contributed by atoms with van der Waals surface area (Å²) in [5.74, 6) is 1.83. The van der Waals surface area contributed by atoms with Gasteiger partial charge < -0.3 is 14.8 Å². The van der Waals surface area contributed by atoms with Crippen molar-refractivity contribution in [3.63, 3.8) is 0 Å². The van der Waals surface area contributed by atoms with Crippen LogP contribution in [0, 0.1) is 0 Å². The summed E-state index contributed by atoms with van der Waals surface area (Å²) < 4.78 is 11.7. The minimum Gasteiger partial charge on any atom is -0.485 e. The number of nitrogens with one attached hydrogen (secondary N) is 2. The van der Waals surface area contributed by atoms with E-state index in [0.29, 0.717) is 28.9 Å². The normalized spacial score (nSPS) is 18.6. The van der Waals surface area contributed by atoms with Crippen LogP contribution in [0.1, 0.15) is 61.1 Å². The molecule has 1 aliphatic carbocycles. The molecule has 0 radical (unpaired) electrons. The van der Waals surface area contributed by atoms with Crippen LogP contribution in [0.2, 0.25) is 0 Å². The van der Waals surface area contributed by atoms with Crippen molar-refractivity contribution >= 4 is 17.7 Å². The Hall–Kier alpha value is -3.68. The molecule has 1 unspecified atom stereocenters. The topological polar surface area (TPSA) is 102 Å². The molecule has 1 amide bonds. The first-order valence-electron chi connectivity index (χ1n) is 11.0. The number of rotatable bonds is 5. The highest BCUT2D eigenvalue weighted by atomic mass is 16.6. The highest BCUT2D eigenvalue weighted by molar-refractivity contribution is 6.03. The van der Waals surface area contributed by atoms with E-state index >= 15 is 0 Å². The number of tetrazole rings is 1. The maximum absolute atomic E-state index is 12.6. The Bertz CT molecular complexity index is 1090. The van der Waals surface area contributed by atoms with E-state index in [4.69, 9.17) is 9.47 Å². The van der Waals surface area contributed by atoms with E-state index in [2.05, 4.69) is 50.2 Å². The molecule has 2 heterocycles. The lowest BCUT2D eigenvalue weighted by atomic mass is 9.84. The molecule has 5 rings (SSSR count). The van der Waals surface area contributed by atoms with Gasteiger partial charge in [-0.05, 0) is 48.1 Å². The maximum Gasteiger partial charge on any atom is 0.248 e. The second kappa shape index (κ2) is 9.21. The minimum atomic E-state index is -0.502. The Labute approximate surface area is 186 Å². The summed E-state index contributed by atoms with van der Waals surface area (Å²) in [6, 6.07) is 13.9. The lowest BCUT2D eigenvalue weighted by molar-refractivity contribution is -0.111. The number of benzene rings is 2. The standard InChI is InChI=1S/C24H25N5O3/c30-22(14-11-16-9-12-18(13-10-16)17-5-2-1-3-6-17)25-19-7-4-8-20-23(19)32-21(15-31-20)24-26-28-29-27-24/h4,7-14,17,21H,1-3,5-6,15H2,(H,25,30)(H,26,27,28,29). The minimum absolute atomic E-state index is 0.250. The number of carbonyl (C=O) groups is 1. The second-order valence-electron chi connectivity index (χ2n) is 8.14. The summed E-state index contributed by atoms with van der Waals surface area (Å²) in [5, 5.41) is 16.7. The number of hydrogen-bond acceptors (Lipinski definition) is 6. The highest BCUT2D eigenvalue weighted by Crippen LogP contribution is 2.41. The molecule has 1 fully saturated rings. The van der Waals surface area contributed by atoms with Gasteiger partial charge in [-0.1, -0.05) is 54.8 Å². The largest absolute Gasteiger partial charge is 0.485 e. The number of ether oxygens (including phenoxy) is 2. The van der Waals surface area contributed by atoms with E-state index in [1.807, 2.05) is 6.08 Å². The highest BCUT2D eigenvalue weighted by Gasteiger charge is 2.28. The molecule has 8 heteroatoms. The van der Waals surface area contributed by atoms with Gasteiger partial charge in [-0.15, -0.1) is 10.2 Å². The molecule has 1 atom stereocenters. The van der Waals surface area contributed by atoms with Crippen molar-refractivity contribution in [1.82, 2.24) is 20.6 Å². The van der Waals surface area contributed by atoms with E-state index in [1.54, 1.807) is 18.2 Å². The van der Waals surface area contributed by atoms with Crippen LogP contribution in [0.5, 0.6) is 11.5 Å². The van der Waals surface area contributed by atoms with Crippen molar-refractivity contribution in [2.24, 2.45) is 0 Å². The number of para-hydroxylation sites is 1. The maximum atomic E-state index is 12.6. The van der Waals surface area contributed by atoms with Crippen LogP contribution < -0.4 is 14.8 Å². The monoisotopic (exact) mass is 431 g/mol. The molecule has 8 nitrogen and oxygen atoms in total. The molecule has 0 spiro atoms. The van der Waals surface area contributed by atoms with E-state index in [9.17, 15) is 4.79 Å². The van der Waals surface area contributed by atoms with Crippen molar-refractivity contribution in [3.8, 4) is 11.5 Å². The number of nitrogens with zero attached hydrogens (tertiary/aromatic N) is 3. The van der Waals surface area contributed by atoms with Gasteiger partial charge in [0, 0.05) is 6.08 Å². The van der Waals surface area contributed by atoms with Crippen LogP contribution in [-0.2, 0) is 4.79 Å². The Balaban J connectivity index is 1.24. The zero-order valence-electron chi connectivity index (χ0n) is 17.7. The van der Waals surface area contributed by atoms with E-state index in [0.717, 1.165) is 5.56 Å². The van der Waals surface area contributed by atoms with Gasteiger partial charge in [-0.2, -0.15) is 5.21 Å². The quantitative estimate of drug-likeness (QED) is 0.580. The van der Waals surface area contributed by atoms with Crippen molar-refractivity contribution < 1.29 is 14.3 Å². The van der Waals surface area contributed by atoms with Gasteiger partial charge in [0.25, 0.3) is 0 Å². The molecule has 2 N–H and O–H groups in total. The van der Waals surface area contributed by atoms with Crippen molar-refractivity contribution in [2.75, 3.05) is 11.9 Å². The number of amides is 1. The summed E-state index contributed by atoms with van der Waals surface area (Å²) in [5.41, 5.74) is 2.92. The first-order valence-corrected chi connectivity index (χ1v) is 11.0. The zero-order valence-corrected chi connectivity index (χ0v) is 17.7. The molecule has 1 aliphatic heterocycles. The Morgan fingerprint density at radius 2 is 1.94 bits per heavy atom. The fraction of sp³-hybridized carbons (Fsp3) is 0.333. The predicted molar refractivity (Wildman–Crippen MR) is 119 cm³/mol. The van der Waals surface area contributed by atoms with E-state index in [1.165, 1.54) is 43.7 Å². The van der Waals surface area contributed by atoms with Gasteiger partial charge in [-0.25, -0.2) is 0 Å². The molecule has 2 aromatic carbocycles. The number of H-pyrrole nitrogens is 1. The fourth-order valence-corrected chi connectivity index (χ4v) is 4.29. The summed E-state index contributed by atoms with van der Waals surface area (Å²) in [6.07, 6.45) is 9.38. The molecule has 164 valence electrons. The predicted octanol–water partition coefficient (Wildman–Crippen LogP) is 4.41. The van der Waals surface area contributed by atoms with Gasteiger partial charge in [0.2, 0.25) is 11.7 Å². The van der Waals surface area contributed by atoms with Gasteiger partial charge in [0.1, 0.15) is 6.61 Å². The van der Waals surface area contributed by atoms with Crippen molar-refractivity contribution in [3.05, 3.63) is 65.5 Å². The summed E-state index contributed by atoms with van der Waals surface area (Å²) in [4.78, 5) is 12.6. The summed E-state index contributed by atoms with van der Waals surface area (Å²) >= 11 is 0. The number of carbonyl (C=O) groups excluding carboxylic acids is 1. The van der Waals surface area contributed by atoms with E-state index in [-0.39, 0.29) is 12.5 Å². The Morgan fingerprint density at radius 3 is 2.72 bits per heavy atom. The summed E-state index contributed by atoms with van der Waals surface area (Å²) in [7, 11) is 0. The lowest BCUT2D eigenvalue weighted by Crippen LogP contribution is -2.24. The summed E-state index contributed by atoms with van der Waals surface area (Å²) in [6.45, 7) is 0.265. The average molecular weight is 431 g/mol. The molecule has 1 aromatic heterocycles. The van der Waals surface area contributed by atoms with Crippen LogP contribution in [-0.4, -0.2) is 33.1 Å². The van der Waals surface area contributed by atoms with Crippen LogP contribution >= 0.6 is 0 Å². The Kier molecular flexibility index (Phi) is 5.83. The van der Waals surface area contributed by atoms with Crippen LogP contribution in [0.4, 0.5) is 5.69 Å².